The van der Waals surface area contributed by atoms with Crippen molar-refractivity contribution < 1.29 is 4.79 Å². The predicted molar refractivity (Wildman–Crippen MR) is 96.4 cm³/mol. The standard InChI is InChI=1S/C16H16BrN5O3/c1-20-14-13(15(24)21(2)16(20)25)22(12(19-14)7-11(18)23)8-9-4-3-5-10(17)6-9/h3-6H,7-8H2,1-2H3,(H2,18,23). The van der Waals surface area contributed by atoms with E-state index in [1.54, 1.807) is 4.57 Å². The molecule has 0 saturated carbocycles. The van der Waals surface area contributed by atoms with Gasteiger partial charge in [-0.1, -0.05) is 28.1 Å². The van der Waals surface area contributed by atoms with Crippen LogP contribution in [0.1, 0.15) is 11.4 Å². The highest BCUT2D eigenvalue weighted by molar-refractivity contribution is 9.10. The number of nitrogens with two attached hydrogens (primary N) is 1. The van der Waals surface area contributed by atoms with E-state index in [1.165, 1.54) is 18.7 Å². The number of carbonyl (C=O) groups excluding carboxylic acids is 1. The highest BCUT2D eigenvalue weighted by atomic mass is 79.9. The van der Waals surface area contributed by atoms with Gasteiger partial charge in [-0.2, -0.15) is 0 Å². The van der Waals surface area contributed by atoms with Crippen LogP contribution in [0.5, 0.6) is 0 Å². The van der Waals surface area contributed by atoms with E-state index in [4.69, 9.17) is 5.73 Å². The molecule has 0 aliphatic carbocycles. The number of benzene rings is 1. The van der Waals surface area contributed by atoms with E-state index in [-0.39, 0.29) is 17.6 Å². The molecule has 0 fully saturated rings. The minimum absolute atomic E-state index is 0.125. The molecule has 2 heterocycles. The zero-order valence-electron chi connectivity index (χ0n) is 13.7. The molecule has 2 aromatic heterocycles. The van der Waals surface area contributed by atoms with Gasteiger partial charge in [0.25, 0.3) is 5.56 Å². The molecule has 0 bridgehead atoms. The largest absolute Gasteiger partial charge is 0.369 e. The third-order valence-electron chi connectivity index (χ3n) is 3.99. The maximum absolute atomic E-state index is 12.6. The topological polar surface area (TPSA) is 105 Å². The summed E-state index contributed by atoms with van der Waals surface area (Å²) in [5.74, 6) is -0.214. The SMILES string of the molecule is Cn1c(=O)c2c(nc(CC(N)=O)n2Cc2cccc(Br)c2)n(C)c1=O. The third kappa shape index (κ3) is 3.02. The molecule has 0 aliphatic rings. The molecule has 1 aromatic carbocycles. The van der Waals surface area contributed by atoms with Gasteiger partial charge in [-0.3, -0.25) is 18.7 Å². The lowest BCUT2D eigenvalue weighted by atomic mass is 10.2. The average Bonchev–Trinajstić information content (AvgIpc) is 2.89. The second-order valence-electron chi connectivity index (χ2n) is 5.77. The molecular weight excluding hydrogens is 390 g/mol. The molecule has 0 unspecified atom stereocenters. The Labute approximate surface area is 150 Å². The van der Waals surface area contributed by atoms with Crippen LogP contribution in [-0.4, -0.2) is 24.6 Å². The Bertz CT molecular complexity index is 1110. The smallest absolute Gasteiger partial charge is 0.332 e. The van der Waals surface area contributed by atoms with Gasteiger partial charge in [0.1, 0.15) is 5.82 Å². The quantitative estimate of drug-likeness (QED) is 0.672. The van der Waals surface area contributed by atoms with Crippen LogP contribution in [0.15, 0.2) is 38.3 Å². The summed E-state index contributed by atoms with van der Waals surface area (Å²) in [5, 5.41) is 0. The number of amides is 1. The van der Waals surface area contributed by atoms with Gasteiger partial charge in [0.15, 0.2) is 11.2 Å². The molecule has 1 amide bonds. The fraction of sp³-hybridized carbons (Fsp3) is 0.250. The highest BCUT2D eigenvalue weighted by Gasteiger charge is 2.20. The van der Waals surface area contributed by atoms with Crippen molar-refractivity contribution in [3.05, 3.63) is 61.0 Å². The van der Waals surface area contributed by atoms with E-state index >= 15 is 0 Å². The number of primary amides is 1. The average molecular weight is 406 g/mol. The summed E-state index contributed by atoms with van der Waals surface area (Å²) in [7, 11) is 2.95. The number of carbonyl (C=O) groups is 1. The van der Waals surface area contributed by atoms with Crippen LogP contribution < -0.4 is 17.0 Å². The lowest BCUT2D eigenvalue weighted by molar-refractivity contribution is -0.117. The molecule has 25 heavy (non-hydrogen) atoms. The highest BCUT2D eigenvalue weighted by Crippen LogP contribution is 2.17. The first-order valence-electron chi connectivity index (χ1n) is 7.47. The summed E-state index contributed by atoms with van der Waals surface area (Å²) >= 11 is 3.41. The Morgan fingerprint density at radius 2 is 1.96 bits per heavy atom. The molecule has 2 N–H and O–H groups in total. The number of nitrogens with zero attached hydrogens (tertiary/aromatic N) is 4. The van der Waals surface area contributed by atoms with Gasteiger partial charge in [0.05, 0.1) is 6.42 Å². The lowest BCUT2D eigenvalue weighted by Gasteiger charge is -2.09. The Balaban J connectivity index is 2.32. The van der Waals surface area contributed by atoms with Gasteiger partial charge >= 0.3 is 5.69 Å². The second-order valence-corrected chi connectivity index (χ2v) is 6.68. The van der Waals surface area contributed by atoms with Crippen molar-refractivity contribution in [3.63, 3.8) is 0 Å². The van der Waals surface area contributed by atoms with Crippen molar-refractivity contribution >= 4 is 33.0 Å². The number of aryl methyl sites for hydroxylation is 1. The summed E-state index contributed by atoms with van der Waals surface area (Å²) < 4.78 is 4.85. The minimum atomic E-state index is -0.562. The monoisotopic (exact) mass is 405 g/mol. The third-order valence-corrected chi connectivity index (χ3v) is 4.48. The molecule has 0 aliphatic heterocycles. The summed E-state index contributed by atoms with van der Waals surface area (Å²) in [4.78, 5) is 40.5. The number of halogens is 1. The summed E-state index contributed by atoms with van der Waals surface area (Å²) in [5.41, 5.74) is 5.79. The Hall–Kier alpha value is -2.68. The van der Waals surface area contributed by atoms with E-state index in [1.807, 2.05) is 24.3 Å². The zero-order valence-corrected chi connectivity index (χ0v) is 15.3. The number of rotatable bonds is 4. The zero-order chi connectivity index (χ0) is 18.3. The van der Waals surface area contributed by atoms with Gasteiger partial charge in [0.2, 0.25) is 5.91 Å². The number of hydrogen-bond donors (Lipinski definition) is 1. The van der Waals surface area contributed by atoms with Crippen molar-refractivity contribution in [2.24, 2.45) is 19.8 Å². The maximum atomic E-state index is 12.6. The fourth-order valence-corrected chi connectivity index (χ4v) is 3.22. The first-order valence-corrected chi connectivity index (χ1v) is 8.26. The number of fused-ring (bicyclic) bond motifs is 1. The molecule has 3 rings (SSSR count). The Kier molecular flexibility index (Phi) is 4.34. The van der Waals surface area contributed by atoms with Crippen molar-refractivity contribution in [1.29, 1.82) is 0 Å². The normalized spacial score (nSPS) is 11.2. The predicted octanol–water partition coefficient (Wildman–Crippen LogP) is 0.272. The van der Waals surface area contributed by atoms with Gasteiger partial charge in [-0.15, -0.1) is 0 Å². The van der Waals surface area contributed by atoms with Crippen LogP contribution in [0.25, 0.3) is 11.2 Å². The van der Waals surface area contributed by atoms with Crippen LogP contribution in [0.4, 0.5) is 0 Å². The van der Waals surface area contributed by atoms with E-state index < -0.39 is 17.2 Å². The molecular formula is C16H16BrN5O3. The van der Waals surface area contributed by atoms with Crippen molar-refractivity contribution in [2.75, 3.05) is 0 Å². The van der Waals surface area contributed by atoms with Crippen LogP contribution >= 0.6 is 15.9 Å². The van der Waals surface area contributed by atoms with Gasteiger partial charge in [-0.05, 0) is 17.7 Å². The number of hydrogen-bond acceptors (Lipinski definition) is 4. The van der Waals surface area contributed by atoms with Crippen molar-refractivity contribution in [3.8, 4) is 0 Å². The lowest BCUT2D eigenvalue weighted by Crippen LogP contribution is -2.37. The van der Waals surface area contributed by atoms with Gasteiger partial charge in [0, 0.05) is 25.1 Å². The van der Waals surface area contributed by atoms with E-state index in [2.05, 4.69) is 20.9 Å². The van der Waals surface area contributed by atoms with Crippen molar-refractivity contribution in [2.45, 2.75) is 13.0 Å². The number of aromatic nitrogens is 4. The van der Waals surface area contributed by atoms with E-state index in [0.717, 1.165) is 14.6 Å². The molecule has 3 aromatic rings. The van der Waals surface area contributed by atoms with Crippen LogP contribution in [0, 0.1) is 0 Å². The molecule has 0 spiro atoms. The Morgan fingerprint density at radius 1 is 1.24 bits per heavy atom. The van der Waals surface area contributed by atoms with Crippen LogP contribution in [-0.2, 0) is 31.9 Å². The van der Waals surface area contributed by atoms with Crippen LogP contribution in [0.2, 0.25) is 0 Å². The molecule has 0 radical (unpaired) electrons. The molecule has 0 saturated heterocycles. The van der Waals surface area contributed by atoms with Gasteiger partial charge < -0.3 is 10.3 Å². The van der Waals surface area contributed by atoms with Gasteiger partial charge in [-0.25, -0.2) is 9.78 Å². The first kappa shape index (κ1) is 17.2. The second kappa shape index (κ2) is 6.32. The summed E-state index contributed by atoms with van der Waals surface area (Å²) in [6.07, 6.45) is -0.125. The summed E-state index contributed by atoms with van der Waals surface area (Å²) in [6, 6.07) is 7.58. The van der Waals surface area contributed by atoms with Crippen LogP contribution in [0.3, 0.4) is 0 Å². The maximum Gasteiger partial charge on any atom is 0.332 e. The molecule has 8 nitrogen and oxygen atoms in total. The summed E-state index contributed by atoms with van der Waals surface area (Å²) in [6.45, 7) is 0.325. The van der Waals surface area contributed by atoms with E-state index in [0.29, 0.717) is 12.4 Å². The molecule has 9 heteroatoms. The minimum Gasteiger partial charge on any atom is -0.369 e. The first-order chi connectivity index (χ1) is 11.8. The van der Waals surface area contributed by atoms with E-state index in [9.17, 15) is 14.4 Å². The molecule has 130 valence electrons. The fourth-order valence-electron chi connectivity index (χ4n) is 2.77. The Morgan fingerprint density at radius 3 is 2.60 bits per heavy atom. The van der Waals surface area contributed by atoms with Crippen molar-refractivity contribution in [1.82, 2.24) is 18.7 Å². The number of imidazole rings is 1. The molecule has 0 atom stereocenters.